The molecule has 2 N–H and O–H groups in total. The van der Waals surface area contributed by atoms with Crippen LogP contribution in [0.5, 0.6) is 5.75 Å². The largest absolute Gasteiger partial charge is 0.496 e. The van der Waals surface area contributed by atoms with Gasteiger partial charge < -0.3 is 20.3 Å². The fraction of sp³-hybridized carbons (Fsp3) is 0.667. The van der Waals surface area contributed by atoms with Crippen molar-refractivity contribution in [2.75, 3.05) is 39.8 Å². The highest BCUT2D eigenvalue weighted by atomic mass is 16.5. The quantitative estimate of drug-likeness (QED) is 0.403. The number of rotatable bonds is 9. The van der Waals surface area contributed by atoms with E-state index in [0.29, 0.717) is 6.54 Å². The average molecular weight is 361 g/mol. The number of benzene rings is 1. The van der Waals surface area contributed by atoms with Crippen LogP contribution in [-0.2, 0) is 6.54 Å². The van der Waals surface area contributed by atoms with Gasteiger partial charge in [-0.25, -0.2) is 4.99 Å². The minimum Gasteiger partial charge on any atom is -0.496 e. The van der Waals surface area contributed by atoms with Crippen molar-refractivity contribution in [1.82, 2.24) is 15.5 Å². The summed E-state index contributed by atoms with van der Waals surface area (Å²) in [7, 11) is 1.70. The van der Waals surface area contributed by atoms with Gasteiger partial charge in [0.2, 0.25) is 0 Å². The SMILES string of the molecule is CCNC(=NCc1ccccc1OC)NCCCCN1CCC(C)CC1. The van der Waals surface area contributed by atoms with Crippen LogP contribution >= 0.6 is 0 Å². The highest BCUT2D eigenvalue weighted by molar-refractivity contribution is 5.79. The third kappa shape index (κ3) is 7.24. The lowest BCUT2D eigenvalue weighted by atomic mass is 9.99. The van der Waals surface area contributed by atoms with Gasteiger partial charge in [-0.05, 0) is 64.2 Å². The summed E-state index contributed by atoms with van der Waals surface area (Å²) in [6.45, 7) is 10.7. The number of ether oxygens (including phenoxy) is 1. The van der Waals surface area contributed by atoms with Crippen LogP contribution in [0.4, 0.5) is 0 Å². The van der Waals surface area contributed by atoms with Gasteiger partial charge in [-0.3, -0.25) is 0 Å². The summed E-state index contributed by atoms with van der Waals surface area (Å²) in [4.78, 5) is 7.30. The lowest BCUT2D eigenvalue weighted by molar-refractivity contribution is 0.189. The maximum Gasteiger partial charge on any atom is 0.191 e. The molecule has 0 atom stereocenters. The molecule has 26 heavy (non-hydrogen) atoms. The van der Waals surface area contributed by atoms with Crippen LogP contribution in [0.2, 0.25) is 0 Å². The molecule has 5 heteroatoms. The van der Waals surface area contributed by atoms with Gasteiger partial charge >= 0.3 is 0 Å². The zero-order chi connectivity index (χ0) is 18.6. The molecule has 2 rings (SSSR count). The van der Waals surface area contributed by atoms with E-state index < -0.39 is 0 Å². The van der Waals surface area contributed by atoms with Crippen molar-refractivity contribution < 1.29 is 4.74 Å². The van der Waals surface area contributed by atoms with Crippen molar-refractivity contribution >= 4 is 5.96 Å². The predicted octanol–water partition coefficient (Wildman–Crippen LogP) is 3.26. The maximum absolute atomic E-state index is 5.40. The number of hydrogen-bond donors (Lipinski definition) is 2. The van der Waals surface area contributed by atoms with Gasteiger partial charge in [-0.15, -0.1) is 0 Å². The van der Waals surface area contributed by atoms with Crippen LogP contribution in [0.3, 0.4) is 0 Å². The standard InChI is InChI=1S/C21H36N4O/c1-4-22-21(24-17-19-9-5-6-10-20(19)26-3)23-13-7-8-14-25-15-11-18(2)12-16-25/h5-6,9-10,18H,4,7-8,11-17H2,1-3H3,(H2,22,23,24). The van der Waals surface area contributed by atoms with E-state index in [-0.39, 0.29) is 0 Å². The molecule has 0 spiro atoms. The minimum atomic E-state index is 0.616. The van der Waals surface area contributed by atoms with Crippen LogP contribution in [0, 0.1) is 5.92 Å². The molecule has 0 amide bonds. The minimum absolute atomic E-state index is 0.616. The second kappa shape index (κ2) is 11.8. The van der Waals surface area contributed by atoms with E-state index in [0.717, 1.165) is 36.3 Å². The van der Waals surface area contributed by atoms with E-state index in [1.807, 2.05) is 18.2 Å². The molecular formula is C21H36N4O. The van der Waals surface area contributed by atoms with Gasteiger partial charge in [-0.1, -0.05) is 25.1 Å². The molecule has 0 bridgehead atoms. The van der Waals surface area contributed by atoms with Gasteiger partial charge in [0.25, 0.3) is 0 Å². The zero-order valence-electron chi connectivity index (χ0n) is 16.8. The number of piperidine rings is 1. The Morgan fingerprint density at radius 3 is 2.69 bits per heavy atom. The number of nitrogens with one attached hydrogen (secondary N) is 2. The lowest BCUT2D eigenvalue weighted by Gasteiger charge is -2.30. The summed E-state index contributed by atoms with van der Waals surface area (Å²) < 4.78 is 5.40. The maximum atomic E-state index is 5.40. The third-order valence-electron chi connectivity index (χ3n) is 5.01. The van der Waals surface area contributed by atoms with Gasteiger partial charge in [-0.2, -0.15) is 0 Å². The summed E-state index contributed by atoms with van der Waals surface area (Å²) in [5.74, 6) is 2.68. The number of hydrogen-bond acceptors (Lipinski definition) is 3. The van der Waals surface area contributed by atoms with Crippen LogP contribution in [0.1, 0.15) is 45.1 Å². The Kier molecular flexibility index (Phi) is 9.32. The van der Waals surface area contributed by atoms with E-state index in [9.17, 15) is 0 Å². The topological polar surface area (TPSA) is 48.9 Å². The summed E-state index contributed by atoms with van der Waals surface area (Å²) in [6.07, 6.45) is 5.13. The first-order valence-corrected chi connectivity index (χ1v) is 10.1. The molecule has 1 heterocycles. The van der Waals surface area contributed by atoms with Crippen LogP contribution < -0.4 is 15.4 Å². The first kappa shape index (κ1) is 20.6. The summed E-state index contributed by atoms with van der Waals surface area (Å²) in [5.41, 5.74) is 1.10. The highest BCUT2D eigenvalue weighted by Gasteiger charge is 2.14. The molecule has 0 radical (unpaired) electrons. The lowest BCUT2D eigenvalue weighted by Crippen LogP contribution is -2.38. The number of methoxy groups -OCH3 is 1. The first-order valence-electron chi connectivity index (χ1n) is 10.1. The second-order valence-corrected chi connectivity index (χ2v) is 7.17. The van der Waals surface area contributed by atoms with Gasteiger partial charge in [0.05, 0.1) is 13.7 Å². The third-order valence-corrected chi connectivity index (χ3v) is 5.01. The Hall–Kier alpha value is -1.75. The first-order chi connectivity index (χ1) is 12.7. The molecule has 0 saturated carbocycles. The van der Waals surface area contributed by atoms with Gasteiger partial charge in [0, 0.05) is 18.7 Å². The van der Waals surface area contributed by atoms with E-state index in [2.05, 4.69) is 35.4 Å². The molecule has 1 aromatic carbocycles. The van der Waals surface area contributed by atoms with Crippen molar-refractivity contribution in [3.63, 3.8) is 0 Å². The van der Waals surface area contributed by atoms with Crippen LogP contribution in [0.25, 0.3) is 0 Å². The van der Waals surface area contributed by atoms with E-state index in [1.165, 1.54) is 45.3 Å². The molecule has 0 aliphatic carbocycles. The molecular weight excluding hydrogens is 324 g/mol. The van der Waals surface area contributed by atoms with Crippen molar-refractivity contribution in [2.45, 2.75) is 46.1 Å². The fourth-order valence-electron chi connectivity index (χ4n) is 3.29. The zero-order valence-corrected chi connectivity index (χ0v) is 16.8. The van der Waals surface area contributed by atoms with E-state index >= 15 is 0 Å². The number of unbranched alkanes of at least 4 members (excludes halogenated alkanes) is 1. The monoisotopic (exact) mass is 360 g/mol. The average Bonchev–Trinajstić information content (AvgIpc) is 2.67. The van der Waals surface area contributed by atoms with Crippen LogP contribution in [0.15, 0.2) is 29.3 Å². The molecule has 0 aromatic heterocycles. The smallest absolute Gasteiger partial charge is 0.191 e. The van der Waals surface area contributed by atoms with Crippen molar-refractivity contribution in [1.29, 1.82) is 0 Å². The molecule has 1 fully saturated rings. The Balaban J connectivity index is 1.70. The Bertz CT molecular complexity index is 539. The fourth-order valence-corrected chi connectivity index (χ4v) is 3.29. The molecule has 1 aliphatic rings. The normalized spacial score (nSPS) is 16.5. The predicted molar refractivity (Wildman–Crippen MR) is 110 cm³/mol. The summed E-state index contributed by atoms with van der Waals surface area (Å²) in [6, 6.07) is 8.05. The second-order valence-electron chi connectivity index (χ2n) is 7.17. The Morgan fingerprint density at radius 1 is 1.19 bits per heavy atom. The molecule has 0 unspecified atom stereocenters. The van der Waals surface area contributed by atoms with Crippen molar-refractivity contribution in [3.05, 3.63) is 29.8 Å². The highest BCUT2D eigenvalue weighted by Crippen LogP contribution is 2.18. The number of guanidine groups is 1. The van der Waals surface area contributed by atoms with Crippen LogP contribution in [-0.4, -0.2) is 50.7 Å². The molecule has 1 aliphatic heterocycles. The molecule has 146 valence electrons. The number of aliphatic imine (C=N–C) groups is 1. The summed E-state index contributed by atoms with van der Waals surface area (Å²) >= 11 is 0. The Labute approximate surface area is 159 Å². The van der Waals surface area contributed by atoms with Crippen molar-refractivity contribution in [3.8, 4) is 5.75 Å². The number of para-hydroxylation sites is 1. The van der Waals surface area contributed by atoms with Gasteiger partial charge in [0.1, 0.15) is 5.75 Å². The number of likely N-dealkylation sites (tertiary alicyclic amines) is 1. The number of nitrogens with zero attached hydrogens (tertiary/aromatic N) is 2. The Morgan fingerprint density at radius 2 is 1.96 bits per heavy atom. The van der Waals surface area contributed by atoms with E-state index in [1.54, 1.807) is 7.11 Å². The summed E-state index contributed by atoms with van der Waals surface area (Å²) in [5, 5.41) is 6.78. The van der Waals surface area contributed by atoms with Crippen molar-refractivity contribution in [2.24, 2.45) is 10.9 Å². The molecule has 1 saturated heterocycles. The molecule has 5 nitrogen and oxygen atoms in total. The molecule has 1 aromatic rings. The van der Waals surface area contributed by atoms with Gasteiger partial charge in [0.15, 0.2) is 5.96 Å². The van der Waals surface area contributed by atoms with E-state index in [4.69, 9.17) is 9.73 Å².